The summed E-state index contributed by atoms with van der Waals surface area (Å²) in [5.74, 6) is 3.31. The van der Waals surface area contributed by atoms with Crippen molar-refractivity contribution in [1.29, 1.82) is 0 Å². The van der Waals surface area contributed by atoms with Crippen LogP contribution < -0.4 is 5.32 Å². The number of nitrogens with one attached hydrogen (secondary N) is 1. The molecular formula is C27H31IN2OSi. The molecule has 1 N–H and O–H groups in total. The number of nitrogens with zero attached hydrogens (tertiary/aromatic N) is 1. The van der Waals surface area contributed by atoms with Crippen LogP contribution in [0.15, 0.2) is 54.7 Å². The average Bonchev–Trinajstić information content (AvgIpc) is 2.74. The number of anilines is 1. The Morgan fingerprint density at radius 1 is 0.969 bits per heavy atom. The van der Waals surface area contributed by atoms with Gasteiger partial charge in [0, 0.05) is 20.7 Å². The summed E-state index contributed by atoms with van der Waals surface area (Å²) in [6.45, 7) is 13.8. The maximum absolute atomic E-state index is 13.4. The second-order valence-electron chi connectivity index (χ2n) is 9.17. The quantitative estimate of drug-likeness (QED) is 0.200. The van der Waals surface area contributed by atoms with Crippen molar-refractivity contribution in [3.8, 4) is 11.5 Å². The predicted molar refractivity (Wildman–Crippen MR) is 147 cm³/mol. The summed E-state index contributed by atoms with van der Waals surface area (Å²) < 4.78 is 1.01. The summed E-state index contributed by atoms with van der Waals surface area (Å²) in [7, 11) is -1.90. The van der Waals surface area contributed by atoms with Gasteiger partial charge in [-0.05, 0) is 69.5 Å². The van der Waals surface area contributed by atoms with Crippen molar-refractivity contribution in [3.05, 3.63) is 69.4 Å². The zero-order valence-electron chi connectivity index (χ0n) is 19.7. The second-order valence-corrected chi connectivity index (χ2v) is 16.0. The maximum atomic E-state index is 13.4. The van der Waals surface area contributed by atoms with Gasteiger partial charge in [0.1, 0.15) is 8.07 Å². The molecule has 0 aliphatic carbocycles. The number of rotatable bonds is 5. The van der Waals surface area contributed by atoms with Gasteiger partial charge in [0.15, 0.2) is 0 Å². The normalized spacial score (nSPS) is 11.7. The van der Waals surface area contributed by atoms with E-state index in [9.17, 15) is 4.79 Å². The fourth-order valence-electron chi connectivity index (χ4n) is 4.82. The van der Waals surface area contributed by atoms with Gasteiger partial charge in [-0.25, -0.2) is 0 Å². The SMILES string of the molecule is CC(C)[Si](C#Cc1ccc(I)cc1C(=O)Nc1cccc2cccnc12)(C(C)C)C(C)C. The fraction of sp³-hybridized carbons (Fsp3) is 0.333. The number of aromatic nitrogens is 1. The number of hydrogen-bond donors (Lipinski definition) is 1. The van der Waals surface area contributed by atoms with Crippen LogP contribution in [0.2, 0.25) is 16.6 Å². The highest BCUT2D eigenvalue weighted by Gasteiger charge is 2.41. The lowest BCUT2D eigenvalue weighted by molar-refractivity contribution is 0.102. The first-order valence-corrected chi connectivity index (χ1v) is 14.5. The average molecular weight is 555 g/mol. The van der Waals surface area contributed by atoms with Crippen LogP contribution in [0, 0.1) is 15.0 Å². The third-order valence-corrected chi connectivity index (χ3v) is 13.3. The molecular weight excluding hydrogens is 523 g/mol. The van der Waals surface area contributed by atoms with Crippen molar-refractivity contribution in [3.63, 3.8) is 0 Å². The Kier molecular flexibility index (Phi) is 7.78. The van der Waals surface area contributed by atoms with Gasteiger partial charge in [-0.1, -0.05) is 65.7 Å². The highest BCUT2D eigenvalue weighted by Crippen LogP contribution is 2.40. The molecule has 0 aliphatic heterocycles. The number of hydrogen-bond acceptors (Lipinski definition) is 2. The summed E-state index contributed by atoms with van der Waals surface area (Å²) in [5.41, 5.74) is 8.26. The molecule has 3 nitrogen and oxygen atoms in total. The molecule has 1 heterocycles. The lowest BCUT2D eigenvalue weighted by Gasteiger charge is -2.38. The van der Waals surface area contributed by atoms with Crippen LogP contribution in [-0.4, -0.2) is 19.0 Å². The second kappa shape index (κ2) is 10.2. The van der Waals surface area contributed by atoms with Gasteiger partial charge in [0.2, 0.25) is 0 Å². The van der Waals surface area contributed by atoms with Crippen LogP contribution in [-0.2, 0) is 0 Å². The predicted octanol–water partition coefficient (Wildman–Crippen LogP) is 7.66. The van der Waals surface area contributed by atoms with Crippen molar-refractivity contribution in [2.45, 2.75) is 58.2 Å². The van der Waals surface area contributed by atoms with Gasteiger partial charge >= 0.3 is 0 Å². The molecule has 0 fully saturated rings. The van der Waals surface area contributed by atoms with Crippen LogP contribution in [0.3, 0.4) is 0 Å². The van der Waals surface area contributed by atoms with E-state index in [0.717, 1.165) is 20.0 Å². The number of carbonyl (C=O) groups is 1. The molecule has 0 bridgehead atoms. The minimum absolute atomic E-state index is 0.156. The van der Waals surface area contributed by atoms with Crippen molar-refractivity contribution in [1.82, 2.24) is 4.98 Å². The third-order valence-electron chi connectivity index (χ3n) is 6.39. The highest BCUT2D eigenvalue weighted by molar-refractivity contribution is 14.1. The number of carbonyl (C=O) groups excluding carboxylic acids is 1. The summed E-state index contributed by atoms with van der Waals surface area (Å²) >= 11 is 2.25. The minimum Gasteiger partial charge on any atom is -0.320 e. The number of pyridine rings is 1. The summed E-state index contributed by atoms with van der Waals surface area (Å²) in [6.07, 6.45) is 1.74. The molecule has 32 heavy (non-hydrogen) atoms. The van der Waals surface area contributed by atoms with Crippen LogP contribution in [0.25, 0.3) is 10.9 Å². The largest absolute Gasteiger partial charge is 0.320 e. The van der Waals surface area contributed by atoms with Crippen LogP contribution in [0.4, 0.5) is 5.69 Å². The molecule has 0 aliphatic rings. The lowest BCUT2D eigenvalue weighted by atomic mass is 10.1. The third kappa shape index (κ3) is 4.92. The number of para-hydroxylation sites is 1. The topological polar surface area (TPSA) is 42.0 Å². The molecule has 0 saturated heterocycles. The Labute approximate surface area is 206 Å². The maximum Gasteiger partial charge on any atom is 0.257 e. The Morgan fingerprint density at radius 3 is 2.28 bits per heavy atom. The summed E-state index contributed by atoms with van der Waals surface area (Å²) in [6, 6.07) is 15.6. The van der Waals surface area contributed by atoms with Gasteiger partial charge in [0.25, 0.3) is 5.91 Å². The van der Waals surface area contributed by atoms with Gasteiger partial charge in [-0.15, -0.1) is 5.54 Å². The summed E-state index contributed by atoms with van der Waals surface area (Å²) in [4.78, 5) is 17.8. The standard InChI is InChI=1S/C27H31IN2OSi/c1-18(2)32(19(3)4,20(5)6)16-14-21-12-13-23(28)17-24(21)27(31)30-25-11-7-9-22-10-8-15-29-26(22)25/h7-13,15,17-20H,1-6H3,(H,30,31). The number of amides is 1. The van der Waals surface area contributed by atoms with Crippen molar-refractivity contribution in [2.24, 2.45) is 0 Å². The fourth-order valence-corrected chi connectivity index (χ4v) is 10.5. The number of halogens is 1. The van der Waals surface area contributed by atoms with Crippen LogP contribution in [0.1, 0.15) is 57.5 Å². The van der Waals surface area contributed by atoms with Crippen LogP contribution >= 0.6 is 22.6 Å². The van der Waals surface area contributed by atoms with Crippen molar-refractivity contribution >= 4 is 53.2 Å². The van der Waals surface area contributed by atoms with Gasteiger partial charge < -0.3 is 5.32 Å². The van der Waals surface area contributed by atoms with Gasteiger partial charge in [-0.3, -0.25) is 9.78 Å². The minimum atomic E-state index is -1.90. The van der Waals surface area contributed by atoms with Gasteiger partial charge in [-0.2, -0.15) is 0 Å². The number of fused-ring (bicyclic) bond motifs is 1. The molecule has 5 heteroatoms. The zero-order chi connectivity index (χ0) is 23.5. The molecule has 3 aromatic rings. The molecule has 0 radical (unpaired) electrons. The van der Waals surface area contributed by atoms with E-state index in [1.807, 2.05) is 48.5 Å². The molecule has 3 rings (SSSR count). The monoisotopic (exact) mass is 554 g/mol. The Bertz CT molecular complexity index is 1160. The first-order chi connectivity index (χ1) is 15.2. The molecule has 0 atom stereocenters. The molecule has 166 valence electrons. The van der Waals surface area contributed by atoms with E-state index >= 15 is 0 Å². The van der Waals surface area contributed by atoms with Crippen molar-refractivity contribution < 1.29 is 4.79 Å². The molecule has 0 saturated carbocycles. The molecule has 1 aromatic heterocycles. The molecule has 0 unspecified atom stereocenters. The lowest BCUT2D eigenvalue weighted by Crippen LogP contribution is -2.43. The van der Waals surface area contributed by atoms with E-state index in [-0.39, 0.29) is 5.91 Å². The van der Waals surface area contributed by atoms with E-state index in [1.165, 1.54) is 0 Å². The van der Waals surface area contributed by atoms with E-state index in [1.54, 1.807) is 6.20 Å². The zero-order valence-corrected chi connectivity index (χ0v) is 22.8. The number of benzene rings is 2. The Balaban J connectivity index is 2.04. The highest BCUT2D eigenvalue weighted by atomic mass is 127. The van der Waals surface area contributed by atoms with E-state index < -0.39 is 8.07 Å². The van der Waals surface area contributed by atoms with Crippen LogP contribution in [0.5, 0.6) is 0 Å². The van der Waals surface area contributed by atoms with Gasteiger partial charge in [0.05, 0.1) is 16.8 Å². The first-order valence-electron chi connectivity index (χ1n) is 11.1. The van der Waals surface area contributed by atoms with E-state index in [0.29, 0.717) is 27.9 Å². The molecule has 0 spiro atoms. The smallest absolute Gasteiger partial charge is 0.257 e. The Hall–Kier alpha value is -2.17. The van der Waals surface area contributed by atoms with E-state index in [4.69, 9.17) is 0 Å². The summed E-state index contributed by atoms with van der Waals surface area (Å²) in [5, 5.41) is 4.07. The van der Waals surface area contributed by atoms with Crippen molar-refractivity contribution in [2.75, 3.05) is 5.32 Å². The van der Waals surface area contributed by atoms with E-state index in [2.05, 4.69) is 85.9 Å². The molecule has 2 aromatic carbocycles. The molecule has 1 amide bonds. The first kappa shape index (κ1) is 24.5. The Morgan fingerprint density at radius 2 is 1.62 bits per heavy atom.